The lowest BCUT2D eigenvalue weighted by Gasteiger charge is -2.08. The van der Waals surface area contributed by atoms with Crippen molar-refractivity contribution in [1.29, 1.82) is 0 Å². The largest absolute Gasteiger partial charge is 0.454 e. The zero-order valence-electron chi connectivity index (χ0n) is 12.7. The predicted octanol–water partition coefficient (Wildman–Crippen LogP) is 3.42. The fourth-order valence-electron chi connectivity index (χ4n) is 3.07. The Bertz CT molecular complexity index is 760. The summed E-state index contributed by atoms with van der Waals surface area (Å²) < 4.78 is 12.9. The Balaban J connectivity index is 1.58. The highest BCUT2D eigenvalue weighted by Gasteiger charge is 2.28. The van der Waals surface area contributed by atoms with E-state index in [-0.39, 0.29) is 12.7 Å². The van der Waals surface area contributed by atoms with Crippen LogP contribution in [0.5, 0.6) is 11.5 Å². The van der Waals surface area contributed by atoms with Gasteiger partial charge in [-0.3, -0.25) is 4.79 Å². The first kappa shape index (κ1) is 13.2. The first-order valence-corrected chi connectivity index (χ1v) is 7.53. The Morgan fingerprint density at radius 2 is 1.95 bits per heavy atom. The molecule has 1 saturated carbocycles. The third kappa shape index (κ3) is 2.13. The van der Waals surface area contributed by atoms with Gasteiger partial charge in [-0.25, -0.2) is 0 Å². The molecule has 0 spiro atoms. The van der Waals surface area contributed by atoms with E-state index in [4.69, 9.17) is 9.47 Å². The molecule has 1 fully saturated rings. The van der Waals surface area contributed by atoms with Crippen LogP contribution in [0, 0.1) is 13.8 Å². The van der Waals surface area contributed by atoms with E-state index in [1.54, 1.807) is 6.07 Å². The minimum atomic E-state index is -0.0844. The molecule has 0 saturated heterocycles. The van der Waals surface area contributed by atoms with E-state index in [2.05, 4.69) is 16.8 Å². The highest BCUT2D eigenvalue weighted by atomic mass is 16.7. The molecule has 1 aromatic carbocycles. The number of hydrogen-bond acceptors (Lipinski definition) is 3. The summed E-state index contributed by atoms with van der Waals surface area (Å²) in [7, 11) is 0. The molecule has 114 valence electrons. The van der Waals surface area contributed by atoms with Crippen molar-refractivity contribution in [2.45, 2.75) is 32.7 Å². The molecule has 2 aliphatic rings. The van der Waals surface area contributed by atoms with Gasteiger partial charge in [0.15, 0.2) is 11.5 Å². The van der Waals surface area contributed by atoms with Gasteiger partial charge in [0.25, 0.3) is 5.91 Å². The Morgan fingerprint density at radius 1 is 1.18 bits per heavy atom. The van der Waals surface area contributed by atoms with Crippen molar-refractivity contribution < 1.29 is 14.3 Å². The standard InChI is InChI=1S/C17H18N2O3/c1-10-7-14(11(2)19(10)13-4-5-13)17(20)18-12-3-6-15-16(8-12)22-9-21-15/h3,6-8,13H,4-5,9H2,1-2H3,(H,18,20). The molecule has 2 heterocycles. The molecular formula is C17H18N2O3. The van der Waals surface area contributed by atoms with E-state index in [0.29, 0.717) is 23.2 Å². The predicted molar refractivity (Wildman–Crippen MR) is 82.7 cm³/mol. The maximum absolute atomic E-state index is 12.5. The van der Waals surface area contributed by atoms with Crippen molar-refractivity contribution >= 4 is 11.6 Å². The van der Waals surface area contributed by atoms with Crippen molar-refractivity contribution in [3.05, 3.63) is 41.2 Å². The maximum atomic E-state index is 12.5. The lowest BCUT2D eigenvalue weighted by molar-refractivity contribution is 0.102. The summed E-state index contributed by atoms with van der Waals surface area (Å²) in [5.74, 6) is 1.30. The van der Waals surface area contributed by atoms with Crippen LogP contribution in [0.15, 0.2) is 24.3 Å². The molecule has 0 radical (unpaired) electrons. The Morgan fingerprint density at radius 3 is 2.73 bits per heavy atom. The number of rotatable bonds is 3. The number of nitrogens with one attached hydrogen (secondary N) is 1. The number of carbonyl (C=O) groups is 1. The number of ether oxygens (including phenoxy) is 2. The van der Waals surface area contributed by atoms with Gasteiger partial charge >= 0.3 is 0 Å². The Hall–Kier alpha value is -2.43. The van der Waals surface area contributed by atoms with Crippen molar-refractivity contribution in [1.82, 2.24) is 4.57 Å². The zero-order chi connectivity index (χ0) is 15.3. The number of aromatic nitrogens is 1. The molecule has 1 amide bonds. The molecule has 5 heteroatoms. The van der Waals surface area contributed by atoms with Crippen LogP contribution in [0.25, 0.3) is 0 Å². The van der Waals surface area contributed by atoms with Crippen LogP contribution in [0.4, 0.5) is 5.69 Å². The molecule has 22 heavy (non-hydrogen) atoms. The van der Waals surface area contributed by atoms with Crippen LogP contribution in [0.1, 0.15) is 40.6 Å². The summed E-state index contributed by atoms with van der Waals surface area (Å²) >= 11 is 0. The first-order chi connectivity index (χ1) is 10.6. The Labute approximate surface area is 128 Å². The van der Waals surface area contributed by atoms with Gasteiger partial charge in [0.05, 0.1) is 5.56 Å². The van der Waals surface area contributed by atoms with Crippen molar-refractivity contribution in [3.8, 4) is 11.5 Å². The minimum absolute atomic E-state index is 0.0844. The molecule has 4 rings (SSSR count). The topological polar surface area (TPSA) is 52.5 Å². The van der Waals surface area contributed by atoms with Gasteiger partial charge in [-0.15, -0.1) is 0 Å². The molecule has 0 bridgehead atoms. The quantitative estimate of drug-likeness (QED) is 0.944. The van der Waals surface area contributed by atoms with E-state index in [1.165, 1.54) is 12.8 Å². The summed E-state index contributed by atoms with van der Waals surface area (Å²) in [6.07, 6.45) is 2.42. The zero-order valence-corrected chi connectivity index (χ0v) is 12.7. The molecule has 1 aromatic heterocycles. The number of amides is 1. The number of carbonyl (C=O) groups excluding carboxylic acids is 1. The molecule has 5 nitrogen and oxygen atoms in total. The monoisotopic (exact) mass is 298 g/mol. The molecule has 1 aliphatic heterocycles. The fraction of sp³-hybridized carbons (Fsp3) is 0.353. The van der Waals surface area contributed by atoms with Gasteiger partial charge in [0.2, 0.25) is 6.79 Å². The van der Waals surface area contributed by atoms with E-state index in [9.17, 15) is 4.79 Å². The lowest BCUT2D eigenvalue weighted by atomic mass is 10.2. The smallest absolute Gasteiger partial charge is 0.257 e. The van der Waals surface area contributed by atoms with E-state index >= 15 is 0 Å². The second-order valence-corrected chi connectivity index (χ2v) is 5.91. The highest BCUT2D eigenvalue weighted by Crippen LogP contribution is 2.38. The minimum Gasteiger partial charge on any atom is -0.454 e. The van der Waals surface area contributed by atoms with E-state index < -0.39 is 0 Å². The number of fused-ring (bicyclic) bond motifs is 1. The number of nitrogens with zero attached hydrogens (tertiary/aromatic N) is 1. The van der Waals surface area contributed by atoms with Gasteiger partial charge in [0.1, 0.15) is 0 Å². The van der Waals surface area contributed by atoms with Gasteiger partial charge in [-0.2, -0.15) is 0 Å². The van der Waals surface area contributed by atoms with Crippen LogP contribution in [-0.2, 0) is 0 Å². The number of anilines is 1. The van der Waals surface area contributed by atoms with Crippen molar-refractivity contribution in [3.63, 3.8) is 0 Å². The molecular weight excluding hydrogens is 280 g/mol. The third-order valence-electron chi connectivity index (χ3n) is 4.27. The summed E-state index contributed by atoms with van der Waals surface area (Å²) in [6.45, 7) is 4.30. The maximum Gasteiger partial charge on any atom is 0.257 e. The third-order valence-corrected chi connectivity index (χ3v) is 4.27. The van der Waals surface area contributed by atoms with E-state index in [1.807, 2.05) is 25.1 Å². The average Bonchev–Trinajstić information content (AvgIpc) is 3.12. The molecule has 1 aliphatic carbocycles. The van der Waals surface area contributed by atoms with Crippen molar-refractivity contribution in [2.24, 2.45) is 0 Å². The van der Waals surface area contributed by atoms with Crippen molar-refractivity contribution in [2.75, 3.05) is 12.1 Å². The summed E-state index contributed by atoms with van der Waals surface area (Å²) in [5, 5.41) is 2.94. The van der Waals surface area contributed by atoms with Crippen LogP contribution < -0.4 is 14.8 Å². The Kier molecular flexibility index (Phi) is 2.89. The molecule has 2 aromatic rings. The summed E-state index contributed by atoms with van der Waals surface area (Å²) in [4.78, 5) is 12.5. The fourth-order valence-corrected chi connectivity index (χ4v) is 3.07. The summed E-state index contributed by atoms with van der Waals surface area (Å²) in [5.41, 5.74) is 3.64. The number of hydrogen-bond donors (Lipinski definition) is 1. The summed E-state index contributed by atoms with van der Waals surface area (Å²) in [6, 6.07) is 7.97. The lowest BCUT2D eigenvalue weighted by Crippen LogP contribution is -2.13. The SMILES string of the molecule is Cc1cc(C(=O)Nc2ccc3c(c2)OCO3)c(C)n1C1CC1. The van der Waals surface area contributed by atoms with Gasteiger partial charge in [-0.05, 0) is 44.9 Å². The molecule has 1 N–H and O–H groups in total. The van der Waals surface area contributed by atoms with Gasteiger partial charge < -0.3 is 19.4 Å². The number of benzene rings is 1. The van der Waals surface area contributed by atoms with E-state index in [0.717, 1.165) is 17.0 Å². The van der Waals surface area contributed by atoms with Crippen LogP contribution in [0.3, 0.4) is 0 Å². The highest BCUT2D eigenvalue weighted by molar-refractivity contribution is 6.05. The van der Waals surface area contributed by atoms with Gasteiger partial charge in [-0.1, -0.05) is 0 Å². The first-order valence-electron chi connectivity index (χ1n) is 7.53. The number of aryl methyl sites for hydroxylation is 1. The normalized spacial score (nSPS) is 15.9. The van der Waals surface area contributed by atoms with Crippen LogP contribution in [-0.4, -0.2) is 17.3 Å². The van der Waals surface area contributed by atoms with Crippen LogP contribution >= 0.6 is 0 Å². The second-order valence-electron chi connectivity index (χ2n) is 5.91. The average molecular weight is 298 g/mol. The molecule has 0 atom stereocenters. The second kappa shape index (κ2) is 4.80. The molecule has 0 unspecified atom stereocenters. The van der Waals surface area contributed by atoms with Crippen LogP contribution in [0.2, 0.25) is 0 Å². The van der Waals surface area contributed by atoms with Gasteiger partial charge in [0, 0.05) is 29.2 Å².